The fraction of sp³-hybridized carbons (Fsp3) is 0.400. The minimum Gasteiger partial charge on any atom is -0.495 e. The number of aromatic nitrogens is 3. The molecule has 47 heavy (non-hydrogen) atoms. The Morgan fingerprint density at radius 1 is 1.13 bits per heavy atom. The van der Waals surface area contributed by atoms with Crippen LogP contribution in [0.1, 0.15) is 70.9 Å². The largest absolute Gasteiger partial charge is 0.495 e. The number of nitriles is 1. The van der Waals surface area contributed by atoms with Crippen LogP contribution < -0.4 is 21.2 Å². The van der Waals surface area contributed by atoms with Crippen molar-refractivity contribution >= 4 is 40.2 Å². The predicted molar refractivity (Wildman–Crippen MR) is 180 cm³/mol. The van der Waals surface area contributed by atoms with Gasteiger partial charge >= 0.3 is 6.09 Å². The SMILES string of the molecule is CCCC(C)(C)OC(=O)n1c2cc(NC(=O)C(CC3CCC3)n3cc(OC)c(-c4cc(Cl)ccc4C#N)cc3=O)ccc2c(=O)n1C. The zero-order valence-electron chi connectivity index (χ0n) is 27.1. The van der Waals surface area contributed by atoms with Crippen LogP contribution in [0.25, 0.3) is 22.0 Å². The number of hydrogen-bond acceptors (Lipinski definition) is 7. The highest BCUT2D eigenvalue weighted by Crippen LogP contribution is 2.37. The molecule has 2 heterocycles. The van der Waals surface area contributed by atoms with E-state index in [0.717, 1.165) is 30.4 Å². The molecule has 11 nitrogen and oxygen atoms in total. The Morgan fingerprint density at radius 3 is 2.51 bits per heavy atom. The van der Waals surface area contributed by atoms with Gasteiger partial charge in [-0.3, -0.25) is 19.0 Å². The predicted octanol–water partition coefficient (Wildman–Crippen LogP) is 6.64. The Balaban J connectivity index is 1.52. The second kappa shape index (κ2) is 13.5. The van der Waals surface area contributed by atoms with E-state index in [0.29, 0.717) is 46.0 Å². The van der Waals surface area contributed by atoms with Gasteiger partial charge in [-0.25, -0.2) is 9.48 Å². The van der Waals surface area contributed by atoms with Crippen LogP contribution in [0.5, 0.6) is 5.75 Å². The van der Waals surface area contributed by atoms with Gasteiger partial charge in [-0.2, -0.15) is 9.94 Å². The Morgan fingerprint density at radius 2 is 1.87 bits per heavy atom. The normalized spacial score (nSPS) is 13.9. The van der Waals surface area contributed by atoms with Crippen LogP contribution in [-0.4, -0.2) is 38.6 Å². The molecule has 1 atom stereocenters. The molecule has 1 aliphatic rings. The van der Waals surface area contributed by atoms with Crippen LogP contribution in [0, 0.1) is 17.2 Å². The van der Waals surface area contributed by atoms with Gasteiger partial charge in [0.25, 0.3) is 11.1 Å². The lowest BCUT2D eigenvalue weighted by atomic mass is 9.80. The molecule has 12 heteroatoms. The van der Waals surface area contributed by atoms with E-state index in [-0.39, 0.29) is 22.4 Å². The van der Waals surface area contributed by atoms with E-state index < -0.39 is 29.2 Å². The smallest absolute Gasteiger partial charge is 0.434 e. The molecule has 2 aromatic heterocycles. The van der Waals surface area contributed by atoms with Crippen molar-refractivity contribution in [3.05, 3.63) is 80.0 Å². The summed E-state index contributed by atoms with van der Waals surface area (Å²) in [7, 11) is 2.93. The summed E-state index contributed by atoms with van der Waals surface area (Å²) in [4.78, 5) is 53.9. The number of benzene rings is 2. The fourth-order valence-corrected chi connectivity index (χ4v) is 6.32. The monoisotopic (exact) mass is 659 g/mol. The van der Waals surface area contributed by atoms with E-state index in [1.54, 1.807) is 36.4 Å². The van der Waals surface area contributed by atoms with Gasteiger partial charge in [-0.05, 0) is 69.0 Å². The third-order valence-electron chi connectivity index (χ3n) is 8.78. The van der Waals surface area contributed by atoms with Crippen molar-refractivity contribution < 1.29 is 19.1 Å². The maximum absolute atomic E-state index is 14.0. The van der Waals surface area contributed by atoms with E-state index in [9.17, 15) is 24.4 Å². The third kappa shape index (κ3) is 6.83. The lowest BCUT2D eigenvalue weighted by Gasteiger charge is -2.30. The molecule has 1 unspecified atom stereocenters. The molecular formula is C35H38ClN5O6. The maximum atomic E-state index is 14.0. The fourth-order valence-electron chi connectivity index (χ4n) is 6.14. The molecule has 0 aliphatic heterocycles. The second-order valence-electron chi connectivity index (χ2n) is 12.6. The summed E-state index contributed by atoms with van der Waals surface area (Å²) in [5.41, 5.74) is 0.193. The van der Waals surface area contributed by atoms with Gasteiger partial charge < -0.3 is 14.8 Å². The van der Waals surface area contributed by atoms with Crippen LogP contribution in [-0.2, 0) is 16.6 Å². The Hall–Kier alpha value is -4.82. The van der Waals surface area contributed by atoms with Crippen LogP contribution in [0.2, 0.25) is 5.02 Å². The Kier molecular flexibility index (Phi) is 9.63. The number of anilines is 1. The van der Waals surface area contributed by atoms with Crippen LogP contribution in [0.3, 0.4) is 0 Å². The van der Waals surface area contributed by atoms with Crippen LogP contribution in [0.4, 0.5) is 10.5 Å². The summed E-state index contributed by atoms with van der Waals surface area (Å²) in [6.45, 7) is 5.62. The first kappa shape index (κ1) is 33.5. The number of rotatable bonds is 10. The highest BCUT2D eigenvalue weighted by atomic mass is 35.5. The second-order valence-corrected chi connectivity index (χ2v) is 13.0. The standard InChI is InChI=1S/C35H38ClN5O6/c1-6-14-35(2,3)47-34(45)41-28-17-24(12-13-25(28)33(44)39(41)4)38-32(43)29(15-21-8-7-9-21)40-20-30(46-5)27(18-31(40)42)26-16-23(36)11-10-22(26)19-37/h10-13,16-18,20-21,29H,6-9,14-15H2,1-5H3,(H,38,43). The number of hydrogen-bond donors (Lipinski definition) is 1. The highest BCUT2D eigenvalue weighted by molar-refractivity contribution is 6.31. The van der Waals surface area contributed by atoms with Crippen LogP contribution in [0.15, 0.2) is 58.3 Å². The summed E-state index contributed by atoms with van der Waals surface area (Å²) in [6, 6.07) is 12.1. The lowest BCUT2D eigenvalue weighted by Crippen LogP contribution is -2.35. The topological polar surface area (TPSA) is 137 Å². The summed E-state index contributed by atoms with van der Waals surface area (Å²) < 4.78 is 15.1. The third-order valence-corrected chi connectivity index (χ3v) is 9.02. The minimum absolute atomic E-state index is 0.254. The molecule has 1 N–H and O–H groups in total. The molecule has 2 aromatic carbocycles. The first-order chi connectivity index (χ1) is 22.4. The van der Waals surface area contributed by atoms with Gasteiger partial charge in [0.15, 0.2) is 0 Å². The van der Waals surface area contributed by atoms with Crippen molar-refractivity contribution in [3.8, 4) is 22.9 Å². The van der Waals surface area contributed by atoms with E-state index in [2.05, 4.69) is 11.4 Å². The van der Waals surface area contributed by atoms with Gasteiger partial charge in [-0.1, -0.05) is 44.2 Å². The molecule has 1 aliphatic carbocycles. The van der Waals surface area contributed by atoms with Crippen molar-refractivity contribution in [2.45, 2.75) is 70.9 Å². The number of methoxy groups -OCH3 is 1. The molecular weight excluding hydrogens is 622 g/mol. The van der Waals surface area contributed by atoms with Crippen molar-refractivity contribution in [3.63, 3.8) is 0 Å². The molecule has 1 fully saturated rings. The molecule has 0 radical (unpaired) electrons. The van der Waals surface area contributed by atoms with Crippen molar-refractivity contribution in [1.29, 1.82) is 5.26 Å². The summed E-state index contributed by atoms with van der Waals surface area (Å²) >= 11 is 6.22. The number of carbonyl (C=O) groups excluding carboxylic acids is 2. The first-order valence-corrected chi connectivity index (χ1v) is 16.0. The molecule has 1 saturated carbocycles. The number of halogens is 1. The van der Waals surface area contributed by atoms with E-state index in [1.807, 2.05) is 20.8 Å². The van der Waals surface area contributed by atoms with Gasteiger partial charge in [0.1, 0.15) is 17.4 Å². The number of ether oxygens (including phenoxy) is 2. The van der Waals surface area contributed by atoms with Gasteiger partial charge in [0.2, 0.25) is 5.91 Å². The van der Waals surface area contributed by atoms with E-state index in [1.165, 1.54) is 35.7 Å². The van der Waals surface area contributed by atoms with Crippen LogP contribution >= 0.6 is 11.6 Å². The lowest BCUT2D eigenvalue weighted by molar-refractivity contribution is -0.120. The first-order valence-electron chi connectivity index (χ1n) is 15.6. The van der Waals surface area contributed by atoms with Gasteiger partial charge in [0, 0.05) is 35.0 Å². The van der Waals surface area contributed by atoms with Gasteiger partial charge in [-0.15, -0.1) is 0 Å². The average Bonchev–Trinajstić information content (AvgIpc) is 3.25. The number of nitrogens with one attached hydrogen (secondary N) is 1. The number of carbonyl (C=O) groups is 2. The Bertz CT molecular complexity index is 2010. The highest BCUT2D eigenvalue weighted by Gasteiger charge is 2.31. The summed E-state index contributed by atoms with van der Waals surface area (Å²) in [6.07, 6.45) is 5.60. The Labute approximate surface area is 277 Å². The number of fused-ring (bicyclic) bond motifs is 1. The molecule has 0 saturated heterocycles. The molecule has 1 amide bonds. The zero-order chi connectivity index (χ0) is 34.0. The summed E-state index contributed by atoms with van der Waals surface area (Å²) in [5, 5.41) is 13.3. The maximum Gasteiger partial charge on any atom is 0.434 e. The van der Waals surface area contributed by atoms with E-state index in [4.69, 9.17) is 21.1 Å². The quantitative estimate of drug-likeness (QED) is 0.202. The zero-order valence-corrected chi connectivity index (χ0v) is 27.9. The number of nitrogens with zero attached hydrogens (tertiary/aromatic N) is 4. The van der Waals surface area contributed by atoms with Crippen molar-refractivity contribution in [2.75, 3.05) is 12.4 Å². The van der Waals surface area contributed by atoms with Crippen molar-refractivity contribution in [1.82, 2.24) is 13.9 Å². The summed E-state index contributed by atoms with van der Waals surface area (Å²) in [5.74, 6) is 0.114. The minimum atomic E-state index is -0.890. The molecule has 0 spiro atoms. The van der Waals surface area contributed by atoms with Crippen molar-refractivity contribution in [2.24, 2.45) is 13.0 Å². The van der Waals surface area contributed by atoms with E-state index >= 15 is 0 Å². The average molecular weight is 660 g/mol. The molecule has 5 rings (SSSR count). The molecule has 4 aromatic rings. The number of amides is 1. The molecule has 246 valence electrons. The number of pyridine rings is 1. The molecule has 0 bridgehead atoms. The van der Waals surface area contributed by atoms with Gasteiger partial charge in [0.05, 0.1) is 35.8 Å².